The third-order valence-electron chi connectivity index (χ3n) is 6.74. The van der Waals surface area contributed by atoms with Gasteiger partial charge in [0.25, 0.3) is 0 Å². The first-order chi connectivity index (χ1) is 19.3. The molecule has 1 aliphatic carbocycles. The second-order valence-corrected chi connectivity index (χ2v) is 11.4. The Kier molecular flexibility index (Phi) is 6.86. The van der Waals surface area contributed by atoms with E-state index < -0.39 is 28.6 Å². The number of nitrogens with zero attached hydrogens (tertiary/aromatic N) is 4. The Hall–Kier alpha value is -4.07. The van der Waals surface area contributed by atoms with E-state index in [1.54, 1.807) is 22.9 Å². The Morgan fingerprint density at radius 1 is 1.18 bits per heavy atom. The lowest BCUT2D eigenvalue weighted by Crippen LogP contribution is -2.07. The number of hydrogen-bond acceptors (Lipinski definition) is 7. The lowest BCUT2D eigenvalue weighted by atomic mass is 9.95. The molecule has 5 aromatic rings. The average molecular weight is 582 g/mol. The van der Waals surface area contributed by atoms with Gasteiger partial charge in [-0.2, -0.15) is 5.10 Å². The minimum Gasteiger partial charge on any atom is -0.476 e. The normalized spacial score (nSPS) is 14.0. The number of rotatable bonds is 9. The summed E-state index contributed by atoms with van der Waals surface area (Å²) in [6, 6.07) is 8.93. The van der Waals surface area contributed by atoms with Gasteiger partial charge in [-0.3, -0.25) is 0 Å². The van der Waals surface area contributed by atoms with Crippen LogP contribution in [0.15, 0.2) is 63.7 Å². The van der Waals surface area contributed by atoms with Crippen LogP contribution in [0.5, 0.6) is 0 Å². The first-order valence-corrected chi connectivity index (χ1v) is 14.3. The molecule has 40 heavy (non-hydrogen) atoms. The zero-order valence-corrected chi connectivity index (χ0v) is 22.3. The summed E-state index contributed by atoms with van der Waals surface area (Å²) >= 11 is 1.15. The molecule has 0 radical (unpaired) electrons. The highest BCUT2D eigenvalue weighted by Gasteiger charge is 2.29. The summed E-state index contributed by atoms with van der Waals surface area (Å²) in [6.45, 7) is 0. The van der Waals surface area contributed by atoms with Crippen molar-refractivity contribution in [2.24, 2.45) is 11.1 Å². The Morgan fingerprint density at radius 3 is 2.65 bits per heavy atom. The molecule has 204 valence electrons. The maximum absolute atomic E-state index is 14.8. The van der Waals surface area contributed by atoms with Gasteiger partial charge in [0, 0.05) is 34.1 Å². The van der Waals surface area contributed by atoms with Crippen molar-refractivity contribution in [1.29, 1.82) is 0 Å². The van der Waals surface area contributed by atoms with E-state index in [1.807, 2.05) is 0 Å². The van der Waals surface area contributed by atoms with Crippen LogP contribution in [0.4, 0.5) is 8.78 Å². The molecular weight excluding hydrogens is 560 g/mol. The molecule has 3 heterocycles. The highest BCUT2D eigenvalue weighted by molar-refractivity contribution is 7.82. The molecule has 6 rings (SSSR count). The first kappa shape index (κ1) is 26.2. The monoisotopic (exact) mass is 581 g/mol. The summed E-state index contributed by atoms with van der Waals surface area (Å²) in [5.74, 6) is -1.88. The molecule has 9 nitrogen and oxygen atoms in total. The largest absolute Gasteiger partial charge is 0.476 e. The van der Waals surface area contributed by atoms with E-state index in [0.29, 0.717) is 39.9 Å². The molecule has 1 aliphatic rings. The standard InChI is InChI=1S/C27H21F2N5O4S2/c28-20-5-4-16(10-18(20)17-11-31-38-12-17)25-19(7-15-3-6-24(40(30)37)21(29)8-15)23(9-14-1-2-14)34(33-25)27-32-22(13-39-27)26(35)36/h3-6,8,10-14H,1-2,7,9,30H2,(H,35,36). The molecule has 0 saturated heterocycles. The van der Waals surface area contributed by atoms with Gasteiger partial charge < -0.3 is 9.63 Å². The minimum absolute atomic E-state index is 0.0973. The van der Waals surface area contributed by atoms with Gasteiger partial charge in [-0.25, -0.2) is 32.6 Å². The maximum Gasteiger partial charge on any atom is 0.355 e. The smallest absolute Gasteiger partial charge is 0.355 e. The SMILES string of the molecule is NS(=O)c1ccc(Cc2c(-c3ccc(F)c(-c4cnoc4)c3)nn(-c3nc(C(=O)O)cs3)c2CC2CC2)cc1F. The fraction of sp³-hybridized carbons (Fsp3) is 0.185. The highest BCUT2D eigenvalue weighted by atomic mass is 32.2. The van der Waals surface area contributed by atoms with Gasteiger partial charge >= 0.3 is 5.97 Å². The van der Waals surface area contributed by atoms with Crippen molar-refractivity contribution in [3.63, 3.8) is 0 Å². The molecule has 3 N–H and O–H groups in total. The molecule has 1 unspecified atom stereocenters. The van der Waals surface area contributed by atoms with Crippen molar-refractivity contribution in [3.8, 4) is 27.5 Å². The van der Waals surface area contributed by atoms with Gasteiger partial charge in [0.2, 0.25) is 5.13 Å². The topological polar surface area (TPSA) is 137 Å². The van der Waals surface area contributed by atoms with Crippen molar-refractivity contribution in [2.75, 3.05) is 0 Å². The van der Waals surface area contributed by atoms with Crippen LogP contribution >= 0.6 is 11.3 Å². The van der Waals surface area contributed by atoms with E-state index in [0.717, 1.165) is 35.4 Å². The van der Waals surface area contributed by atoms with Crippen LogP contribution in [0.25, 0.3) is 27.5 Å². The van der Waals surface area contributed by atoms with E-state index in [2.05, 4.69) is 10.1 Å². The van der Waals surface area contributed by atoms with E-state index >= 15 is 0 Å². The van der Waals surface area contributed by atoms with Crippen molar-refractivity contribution in [1.82, 2.24) is 19.9 Å². The lowest BCUT2D eigenvalue weighted by Gasteiger charge is -2.10. The predicted octanol–water partition coefficient (Wildman–Crippen LogP) is 5.15. The fourth-order valence-electron chi connectivity index (χ4n) is 4.58. The maximum atomic E-state index is 14.8. The summed E-state index contributed by atoms with van der Waals surface area (Å²) in [6.07, 6.45) is 5.74. The first-order valence-electron chi connectivity index (χ1n) is 12.2. The number of aromatic nitrogens is 4. The van der Waals surface area contributed by atoms with Gasteiger partial charge in [0.1, 0.15) is 28.9 Å². The van der Waals surface area contributed by atoms with Crippen LogP contribution in [-0.2, 0) is 23.8 Å². The van der Waals surface area contributed by atoms with Crippen molar-refractivity contribution < 1.29 is 27.4 Å². The molecule has 0 bridgehead atoms. The summed E-state index contributed by atoms with van der Waals surface area (Å²) in [4.78, 5) is 15.7. The molecule has 1 fully saturated rings. The van der Waals surface area contributed by atoms with Crippen molar-refractivity contribution >= 4 is 28.3 Å². The van der Waals surface area contributed by atoms with Crippen LogP contribution in [0.2, 0.25) is 0 Å². The van der Waals surface area contributed by atoms with E-state index in [4.69, 9.17) is 14.8 Å². The Balaban J connectivity index is 1.54. The number of thiazole rings is 1. The average Bonchev–Trinajstić information content (AvgIpc) is 3.29. The number of hydrogen-bond donors (Lipinski definition) is 2. The quantitative estimate of drug-likeness (QED) is 0.246. The van der Waals surface area contributed by atoms with Crippen molar-refractivity contribution in [2.45, 2.75) is 30.6 Å². The number of aromatic carboxylic acids is 1. The van der Waals surface area contributed by atoms with Crippen LogP contribution < -0.4 is 5.14 Å². The van der Waals surface area contributed by atoms with E-state index in [1.165, 1.54) is 36.0 Å². The molecule has 1 atom stereocenters. The van der Waals surface area contributed by atoms with Crippen LogP contribution in [0.3, 0.4) is 0 Å². The Bertz CT molecular complexity index is 1760. The summed E-state index contributed by atoms with van der Waals surface area (Å²) in [5, 5.41) is 25.2. The Labute approximate surface area is 232 Å². The second-order valence-electron chi connectivity index (χ2n) is 9.50. The van der Waals surface area contributed by atoms with Crippen molar-refractivity contribution in [3.05, 3.63) is 88.4 Å². The minimum atomic E-state index is -1.97. The molecule has 0 spiro atoms. The number of carbonyl (C=O) groups is 1. The van der Waals surface area contributed by atoms with Crippen LogP contribution in [-0.4, -0.2) is 35.2 Å². The Morgan fingerprint density at radius 2 is 2.00 bits per heavy atom. The second kappa shape index (κ2) is 10.5. The number of carboxylic acids is 1. The van der Waals surface area contributed by atoms with E-state index in [9.17, 15) is 22.9 Å². The number of nitrogens with two attached hydrogens (primary N) is 1. The molecule has 2 aromatic carbocycles. The molecule has 13 heteroatoms. The molecule has 0 amide bonds. The van der Waals surface area contributed by atoms with Gasteiger partial charge in [-0.15, -0.1) is 11.3 Å². The fourth-order valence-corrected chi connectivity index (χ4v) is 5.81. The number of halogens is 2. The summed E-state index contributed by atoms with van der Waals surface area (Å²) < 4.78 is 47.8. The molecule has 3 aromatic heterocycles. The summed E-state index contributed by atoms with van der Waals surface area (Å²) in [5.41, 5.74) is 3.92. The van der Waals surface area contributed by atoms with Gasteiger partial charge in [0.15, 0.2) is 5.69 Å². The lowest BCUT2D eigenvalue weighted by molar-refractivity contribution is 0.0691. The number of carboxylic acid groups (broad SMARTS) is 1. The third kappa shape index (κ3) is 5.10. The van der Waals surface area contributed by atoms with Gasteiger partial charge in [0.05, 0.1) is 22.5 Å². The number of benzene rings is 2. The third-order valence-corrected chi connectivity index (χ3v) is 8.32. The van der Waals surface area contributed by atoms with E-state index in [-0.39, 0.29) is 22.6 Å². The van der Waals surface area contributed by atoms with Gasteiger partial charge in [-0.1, -0.05) is 11.2 Å². The molecule has 0 aliphatic heterocycles. The molecule has 1 saturated carbocycles. The highest BCUT2D eigenvalue weighted by Crippen LogP contribution is 2.39. The molecular formula is C27H21F2N5O4S2. The van der Waals surface area contributed by atoms with Crippen LogP contribution in [0.1, 0.15) is 40.2 Å². The van der Waals surface area contributed by atoms with Gasteiger partial charge in [-0.05, 0) is 61.1 Å². The van der Waals surface area contributed by atoms with Crippen LogP contribution in [0, 0.1) is 17.6 Å². The zero-order chi connectivity index (χ0) is 28.0. The summed E-state index contributed by atoms with van der Waals surface area (Å²) in [7, 11) is -1.97. The predicted molar refractivity (Wildman–Crippen MR) is 143 cm³/mol. The zero-order valence-electron chi connectivity index (χ0n) is 20.7.